The second-order valence-electron chi connectivity index (χ2n) is 4.47. The van der Waals surface area contributed by atoms with E-state index in [0.717, 1.165) is 38.6 Å². The standard InChI is InChI=1S/C14H25NO3.Na/c1-2-13(16)15-12-10-8-6-4-3-5-7-9-11-14(17)18;/h2H,1,3-12H2,(H,15,16)(H,17,18);. The van der Waals surface area contributed by atoms with Crippen LogP contribution in [-0.4, -0.2) is 53.1 Å². The van der Waals surface area contributed by atoms with Gasteiger partial charge in [-0.2, -0.15) is 0 Å². The maximum Gasteiger partial charge on any atom is 0.303 e. The molecule has 0 spiro atoms. The summed E-state index contributed by atoms with van der Waals surface area (Å²) in [5.41, 5.74) is 0. The molecule has 0 aromatic carbocycles. The van der Waals surface area contributed by atoms with Crippen molar-refractivity contribution in [3.8, 4) is 0 Å². The number of nitrogens with one attached hydrogen (secondary N) is 1. The third-order valence-corrected chi connectivity index (χ3v) is 2.80. The zero-order valence-electron chi connectivity index (χ0n) is 12.1. The average Bonchev–Trinajstić information content (AvgIpc) is 2.35. The van der Waals surface area contributed by atoms with Gasteiger partial charge >= 0.3 is 5.97 Å². The van der Waals surface area contributed by atoms with Gasteiger partial charge < -0.3 is 10.4 Å². The van der Waals surface area contributed by atoms with E-state index in [0.29, 0.717) is 6.42 Å². The Balaban J connectivity index is 0. The minimum atomic E-state index is -0.698. The summed E-state index contributed by atoms with van der Waals surface area (Å²) in [6.45, 7) is 4.11. The van der Waals surface area contributed by atoms with Crippen LogP contribution in [0.1, 0.15) is 57.8 Å². The summed E-state index contributed by atoms with van der Waals surface area (Å²) >= 11 is 0. The predicted molar refractivity (Wildman–Crippen MR) is 78.1 cm³/mol. The van der Waals surface area contributed by atoms with E-state index in [1.807, 2.05) is 0 Å². The van der Waals surface area contributed by atoms with Crippen LogP contribution in [0.15, 0.2) is 12.7 Å². The Bertz CT molecular complexity index is 257. The third kappa shape index (κ3) is 17.7. The van der Waals surface area contributed by atoms with Crippen LogP contribution in [0.3, 0.4) is 0 Å². The van der Waals surface area contributed by atoms with Gasteiger partial charge in [0, 0.05) is 42.5 Å². The number of amides is 1. The van der Waals surface area contributed by atoms with Crippen LogP contribution in [0, 0.1) is 0 Å². The van der Waals surface area contributed by atoms with Crippen molar-refractivity contribution in [2.75, 3.05) is 6.54 Å². The number of aliphatic carboxylic acids is 1. The van der Waals surface area contributed by atoms with Gasteiger partial charge in [-0.1, -0.05) is 45.1 Å². The number of carbonyl (C=O) groups is 2. The fourth-order valence-electron chi connectivity index (χ4n) is 1.75. The van der Waals surface area contributed by atoms with E-state index in [1.54, 1.807) is 0 Å². The van der Waals surface area contributed by atoms with Crippen molar-refractivity contribution in [3.63, 3.8) is 0 Å². The van der Waals surface area contributed by atoms with Crippen LogP contribution >= 0.6 is 0 Å². The van der Waals surface area contributed by atoms with E-state index in [4.69, 9.17) is 5.11 Å². The van der Waals surface area contributed by atoms with Gasteiger partial charge in [-0.15, -0.1) is 0 Å². The third-order valence-electron chi connectivity index (χ3n) is 2.80. The molecule has 0 unspecified atom stereocenters. The molecule has 0 aromatic heterocycles. The van der Waals surface area contributed by atoms with Crippen molar-refractivity contribution >= 4 is 41.4 Å². The van der Waals surface area contributed by atoms with E-state index >= 15 is 0 Å². The van der Waals surface area contributed by atoms with Crippen LogP contribution in [0.25, 0.3) is 0 Å². The van der Waals surface area contributed by atoms with Gasteiger partial charge in [0.05, 0.1) is 0 Å². The molecule has 4 nitrogen and oxygen atoms in total. The molecule has 1 radical (unpaired) electrons. The summed E-state index contributed by atoms with van der Waals surface area (Å²) in [4.78, 5) is 21.1. The molecule has 0 fully saturated rings. The first-order valence-corrected chi connectivity index (χ1v) is 6.79. The SMILES string of the molecule is C=CC(=O)NCCCCCCCCCCC(=O)O.[Na]. The first-order valence-electron chi connectivity index (χ1n) is 6.79. The monoisotopic (exact) mass is 278 g/mol. The van der Waals surface area contributed by atoms with Gasteiger partial charge in [0.2, 0.25) is 5.91 Å². The molecule has 0 bridgehead atoms. The summed E-state index contributed by atoms with van der Waals surface area (Å²) < 4.78 is 0. The average molecular weight is 278 g/mol. The quantitative estimate of drug-likeness (QED) is 0.327. The van der Waals surface area contributed by atoms with Crippen molar-refractivity contribution in [1.82, 2.24) is 5.32 Å². The number of rotatable bonds is 12. The van der Waals surface area contributed by atoms with Gasteiger partial charge in [0.1, 0.15) is 0 Å². The number of hydrogen-bond acceptors (Lipinski definition) is 2. The molecule has 0 aliphatic carbocycles. The molecular formula is C14H25NNaO3. The topological polar surface area (TPSA) is 66.4 Å². The Morgan fingerprint density at radius 3 is 1.89 bits per heavy atom. The van der Waals surface area contributed by atoms with Crippen LogP contribution in [0.2, 0.25) is 0 Å². The smallest absolute Gasteiger partial charge is 0.303 e. The van der Waals surface area contributed by atoms with E-state index in [1.165, 1.54) is 25.3 Å². The minimum Gasteiger partial charge on any atom is -0.481 e. The van der Waals surface area contributed by atoms with E-state index in [2.05, 4.69) is 11.9 Å². The summed E-state index contributed by atoms with van der Waals surface area (Å²) in [5.74, 6) is -0.801. The fraction of sp³-hybridized carbons (Fsp3) is 0.714. The number of unbranched alkanes of at least 4 members (excludes halogenated alkanes) is 7. The van der Waals surface area contributed by atoms with Gasteiger partial charge in [-0.3, -0.25) is 9.59 Å². The van der Waals surface area contributed by atoms with Crippen molar-refractivity contribution < 1.29 is 14.7 Å². The molecule has 19 heavy (non-hydrogen) atoms. The van der Waals surface area contributed by atoms with Gasteiger partial charge in [-0.05, 0) is 18.9 Å². The molecule has 105 valence electrons. The second kappa shape index (κ2) is 15.7. The molecule has 0 aromatic rings. The number of carboxylic acids is 1. The molecule has 1 amide bonds. The molecule has 0 saturated carbocycles. The van der Waals surface area contributed by atoms with E-state index < -0.39 is 5.97 Å². The van der Waals surface area contributed by atoms with Crippen LogP contribution in [-0.2, 0) is 9.59 Å². The Morgan fingerprint density at radius 1 is 0.947 bits per heavy atom. The molecule has 5 heteroatoms. The van der Waals surface area contributed by atoms with Crippen LogP contribution in [0.4, 0.5) is 0 Å². The Morgan fingerprint density at radius 2 is 1.42 bits per heavy atom. The maximum atomic E-state index is 10.8. The second-order valence-corrected chi connectivity index (χ2v) is 4.47. The Labute approximate surface area is 138 Å². The van der Waals surface area contributed by atoms with E-state index in [-0.39, 0.29) is 35.5 Å². The maximum absolute atomic E-state index is 10.8. The summed E-state index contributed by atoms with van der Waals surface area (Å²) in [7, 11) is 0. The molecule has 0 aliphatic rings. The first kappa shape index (κ1) is 21.0. The molecule has 2 N–H and O–H groups in total. The summed E-state index contributed by atoms with van der Waals surface area (Å²) in [6, 6.07) is 0. The fourth-order valence-corrected chi connectivity index (χ4v) is 1.75. The minimum absolute atomic E-state index is 0. The van der Waals surface area contributed by atoms with Crippen molar-refractivity contribution in [2.45, 2.75) is 57.8 Å². The van der Waals surface area contributed by atoms with E-state index in [9.17, 15) is 9.59 Å². The molecular weight excluding hydrogens is 253 g/mol. The van der Waals surface area contributed by atoms with Crippen LogP contribution in [0.5, 0.6) is 0 Å². The molecule has 0 saturated heterocycles. The Kier molecular flexibility index (Phi) is 17.4. The predicted octanol–water partition coefficient (Wildman–Crippen LogP) is 2.50. The van der Waals surface area contributed by atoms with Crippen molar-refractivity contribution in [1.29, 1.82) is 0 Å². The number of carbonyl (C=O) groups excluding carboxylic acids is 1. The molecule has 0 rings (SSSR count). The number of carboxylic acid groups (broad SMARTS) is 1. The van der Waals surface area contributed by atoms with Crippen molar-refractivity contribution in [2.24, 2.45) is 0 Å². The van der Waals surface area contributed by atoms with Gasteiger partial charge in [0.15, 0.2) is 0 Å². The summed E-state index contributed by atoms with van der Waals surface area (Å²) in [6.07, 6.45) is 10.2. The van der Waals surface area contributed by atoms with Crippen molar-refractivity contribution in [3.05, 3.63) is 12.7 Å². The molecule has 0 heterocycles. The van der Waals surface area contributed by atoms with Gasteiger partial charge in [0.25, 0.3) is 0 Å². The van der Waals surface area contributed by atoms with Gasteiger partial charge in [-0.25, -0.2) is 0 Å². The number of hydrogen-bond donors (Lipinski definition) is 2. The first-order chi connectivity index (χ1) is 8.66. The molecule has 0 aliphatic heterocycles. The zero-order chi connectivity index (χ0) is 13.6. The normalized spacial score (nSPS) is 9.47. The Hall–Kier alpha value is -0.320. The largest absolute Gasteiger partial charge is 0.481 e. The molecule has 0 atom stereocenters. The summed E-state index contributed by atoms with van der Waals surface area (Å²) in [5, 5.41) is 11.2. The van der Waals surface area contributed by atoms with Crippen LogP contribution < -0.4 is 5.32 Å². The zero-order valence-corrected chi connectivity index (χ0v) is 14.1.